The third-order valence-corrected chi connectivity index (χ3v) is 2.84. The van der Waals surface area contributed by atoms with E-state index in [-0.39, 0.29) is 0 Å². The van der Waals surface area contributed by atoms with E-state index < -0.39 is 23.8 Å². The molecule has 0 aliphatic carbocycles. The number of rotatable bonds is 3. The van der Waals surface area contributed by atoms with Crippen LogP contribution in [0.3, 0.4) is 0 Å². The minimum atomic E-state index is -0.525. The van der Waals surface area contributed by atoms with Crippen LogP contribution in [0.2, 0.25) is 0 Å². The second-order valence-electron chi connectivity index (χ2n) is 5.60. The predicted octanol–water partition coefficient (Wildman–Crippen LogP) is 2.28. The first kappa shape index (κ1) is 14.2. The van der Waals surface area contributed by atoms with Crippen molar-refractivity contribution < 1.29 is 18.7 Å². The summed E-state index contributed by atoms with van der Waals surface area (Å²) in [6.07, 6.45) is 0.787. The molecule has 1 rings (SSSR count). The van der Waals surface area contributed by atoms with Crippen LogP contribution in [0.25, 0.3) is 0 Å². The van der Waals surface area contributed by atoms with Crippen LogP contribution >= 0.6 is 0 Å². The Labute approximate surface area is 102 Å². The zero-order chi connectivity index (χ0) is 12.9. The smallest absolute Gasteiger partial charge is 0.407 e. The van der Waals surface area contributed by atoms with E-state index in [1.807, 2.05) is 0 Å². The van der Waals surface area contributed by atoms with Gasteiger partial charge in [0.1, 0.15) is 5.60 Å². The van der Waals surface area contributed by atoms with Crippen LogP contribution in [0.15, 0.2) is 0 Å². The van der Waals surface area contributed by atoms with E-state index in [2.05, 4.69) is 5.32 Å². The molecular formula is C12H22FNO3. The van der Waals surface area contributed by atoms with Gasteiger partial charge in [0.15, 0.2) is 0 Å². The highest BCUT2D eigenvalue weighted by Crippen LogP contribution is 2.30. The summed E-state index contributed by atoms with van der Waals surface area (Å²) in [5, 5.41) is 2.64. The van der Waals surface area contributed by atoms with Gasteiger partial charge in [0, 0.05) is 25.2 Å². The third-order valence-electron chi connectivity index (χ3n) is 2.84. The molecule has 1 aliphatic rings. The lowest BCUT2D eigenvalue weighted by molar-refractivity contribution is -0.00124. The highest BCUT2D eigenvalue weighted by Gasteiger charge is 2.33. The fraction of sp³-hybridized carbons (Fsp3) is 0.917. The molecule has 0 aromatic rings. The second-order valence-corrected chi connectivity index (χ2v) is 5.60. The van der Waals surface area contributed by atoms with Gasteiger partial charge in [-0.05, 0) is 33.6 Å². The number of amides is 1. The van der Waals surface area contributed by atoms with Crippen molar-refractivity contribution in [2.45, 2.75) is 39.2 Å². The maximum Gasteiger partial charge on any atom is 0.407 e. The van der Waals surface area contributed by atoms with Gasteiger partial charge in [-0.3, -0.25) is 4.39 Å². The molecule has 0 saturated carbocycles. The molecule has 1 heterocycles. The SMILES string of the molecule is CC(C)(C)OC(=O)NCC1(CF)CCOCC1. The number of ether oxygens (including phenoxy) is 2. The number of hydrogen-bond acceptors (Lipinski definition) is 3. The van der Waals surface area contributed by atoms with Crippen molar-refractivity contribution in [3.63, 3.8) is 0 Å². The number of halogens is 1. The molecule has 1 fully saturated rings. The molecule has 17 heavy (non-hydrogen) atoms. The van der Waals surface area contributed by atoms with Gasteiger partial charge in [0.2, 0.25) is 0 Å². The molecule has 0 aromatic heterocycles. The normalized spacial score (nSPS) is 19.8. The van der Waals surface area contributed by atoms with Crippen molar-refractivity contribution in [1.82, 2.24) is 5.32 Å². The lowest BCUT2D eigenvalue weighted by Crippen LogP contribution is -2.44. The predicted molar refractivity (Wildman–Crippen MR) is 62.7 cm³/mol. The molecule has 4 nitrogen and oxygen atoms in total. The maximum atomic E-state index is 13.1. The van der Waals surface area contributed by atoms with Crippen molar-refractivity contribution in [3.05, 3.63) is 0 Å². The standard InChI is InChI=1S/C12H22FNO3/c1-11(2,3)17-10(15)14-9-12(8-13)4-6-16-7-5-12/h4-9H2,1-3H3,(H,14,15). The second kappa shape index (κ2) is 5.67. The summed E-state index contributed by atoms with van der Waals surface area (Å²) in [6.45, 7) is 6.37. The van der Waals surface area contributed by atoms with Gasteiger partial charge in [-0.15, -0.1) is 0 Å². The largest absolute Gasteiger partial charge is 0.444 e. The number of nitrogens with one attached hydrogen (secondary N) is 1. The Bertz CT molecular complexity index is 257. The highest BCUT2D eigenvalue weighted by molar-refractivity contribution is 5.67. The summed E-state index contributed by atoms with van der Waals surface area (Å²) < 4.78 is 23.4. The Morgan fingerprint density at radius 3 is 2.47 bits per heavy atom. The fourth-order valence-corrected chi connectivity index (χ4v) is 1.74. The first-order valence-corrected chi connectivity index (χ1v) is 5.97. The summed E-state index contributed by atoms with van der Waals surface area (Å²) in [5.74, 6) is 0. The number of hydrogen-bond donors (Lipinski definition) is 1. The number of alkyl halides is 1. The molecule has 1 saturated heterocycles. The number of alkyl carbamates (subject to hydrolysis) is 1. The molecule has 1 N–H and O–H groups in total. The van der Waals surface area contributed by atoms with Gasteiger partial charge < -0.3 is 14.8 Å². The molecule has 0 radical (unpaired) electrons. The molecule has 0 aromatic carbocycles. The monoisotopic (exact) mass is 247 g/mol. The van der Waals surface area contributed by atoms with Crippen LogP contribution in [0.1, 0.15) is 33.6 Å². The molecule has 5 heteroatoms. The van der Waals surface area contributed by atoms with Crippen LogP contribution in [-0.2, 0) is 9.47 Å². The Morgan fingerprint density at radius 1 is 1.41 bits per heavy atom. The van der Waals surface area contributed by atoms with Gasteiger partial charge in [0.25, 0.3) is 0 Å². The zero-order valence-corrected chi connectivity index (χ0v) is 10.8. The minimum absolute atomic E-state index is 0.307. The Hall–Kier alpha value is -0.840. The van der Waals surface area contributed by atoms with Crippen LogP contribution in [0.4, 0.5) is 9.18 Å². The van der Waals surface area contributed by atoms with Crippen LogP contribution in [-0.4, -0.2) is 38.1 Å². The van der Waals surface area contributed by atoms with Gasteiger partial charge in [0.05, 0.1) is 6.67 Å². The van der Waals surface area contributed by atoms with E-state index in [9.17, 15) is 9.18 Å². The number of carbonyl (C=O) groups is 1. The molecule has 0 unspecified atom stereocenters. The highest BCUT2D eigenvalue weighted by atomic mass is 19.1. The van der Waals surface area contributed by atoms with Crippen molar-refractivity contribution >= 4 is 6.09 Å². The van der Waals surface area contributed by atoms with Crippen molar-refractivity contribution in [1.29, 1.82) is 0 Å². The summed E-state index contributed by atoms with van der Waals surface area (Å²) in [7, 11) is 0. The topological polar surface area (TPSA) is 47.6 Å². The lowest BCUT2D eigenvalue weighted by Gasteiger charge is -2.34. The Kier molecular flexibility index (Phi) is 4.74. The Morgan fingerprint density at radius 2 is 2.00 bits per heavy atom. The van der Waals surface area contributed by atoms with Gasteiger partial charge in [-0.25, -0.2) is 4.79 Å². The molecule has 1 aliphatic heterocycles. The van der Waals surface area contributed by atoms with E-state index in [1.165, 1.54) is 0 Å². The van der Waals surface area contributed by atoms with Gasteiger partial charge in [-0.2, -0.15) is 0 Å². The molecular weight excluding hydrogens is 225 g/mol. The summed E-state index contributed by atoms with van der Waals surface area (Å²) in [4.78, 5) is 11.5. The first-order chi connectivity index (χ1) is 7.87. The van der Waals surface area contributed by atoms with E-state index in [4.69, 9.17) is 9.47 Å². The van der Waals surface area contributed by atoms with E-state index in [0.717, 1.165) is 0 Å². The Balaban J connectivity index is 2.39. The molecule has 0 bridgehead atoms. The third kappa shape index (κ3) is 4.89. The average molecular weight is 247 g/mol. The van der Waals surface area contributed by atoms with Crippen LogP contribution in [0.5, 0.6) is 0 Å². The van der Waals surface area contributed by atoms with Crippen LogP contribution < -0.4 is 5.32 Å². The molecule has 100 valence electrons. The van der Waals surface area contributed by atoms with Crippen molar-refractivity contribution in [2.75, 3.05) is 26.4 Å². The molecule has 0 spiro atoms. The average Bonchev–Trinajstić information content (AvgIpc) is 2.25. The first-order valence-electron chi connectivity index (χ1n) is 5.97. The molecule has 1 amide bonds. The zero-order valence-electron chi connectivity index (χ0n) is 10.8. The summed E-state index contributed by atoms with van der Waals surface area (Å²) in [6, 6.07) is 0. The summed E-state index contributed by atoms with van der Waals surface area (Å²) >= 11 is 0. The maximum absolute atomic E-state index is 13.1. The number of carbonyl (C=O) groups excluding carboxylic acids is 1. The van der Waals surface area contributed by atoms with Crippen molar-refractivity contribution in [2.24, 2.45) is 5.41 Å². The van der Waals surface area contributed by atoms with Crippen LogP contribution in [0, 0.1) is 5.41 Å². The van der Waals surface area contributed by atoms with E-state index in [0.29, 0.717) is 32.6 Å². The quantitative estimate of drug-likeness (QED) is 0.832. The summed E-state index contributed by atoms with van der Waals surface area (Å²) in [5.41, 5.74) is -1.00. The van der Waals surface area contributed by atoms with Crippen molar-refractivity contribution in [3.8, 4) is 0 Å². The van der Waals surface area contributed by atoms with E-state index >= 15 is 0 Å². The van der Waals surface area contributed by atoms with E-state index in [1.54, 1.807) is 20.8 Å². The van der Waals surface area contributed by atoms with Gasteiger partial charge >= 0.3 is 6.09 Å². The van der Waals surface area contributed by atoms with Gasteiger partial charge in [-0.1, -0.05) is 0 Å². The molecule has 0 atom stereocenters. The lowest BCUT2D eigenvalue weighted by atomic mass is 9.81. The minimum Gasteiger partial charge on any atom is -0.444 e. The fourth-order valence-electron chi connectivity index (χ4n) is 1.74.